The first-order valence-corrected chi connectivity index (χ1v) is 8.22. The average Bonchev–Trinajstić information content (AvgIpc) is 2.43. The molecule has 0 saturated heterocycles. The van der Waals surface area contributed by atoms with Crippen LogP contribution in [-0.2, 0) is 0 Å². The fraction of sp³-hybridized carbons (Fsp3) is 0.625. The standard InChI is InChI=1S/C16H23Cl2NO/c1-2-16(12-6-7-14(17)15(18)9-12)19-10-11-4-3-5-13(20)8-11/h6-7,9,11,13,16,19-20H,2-5,8,10H2,1H3. The molecule has 3 unspecified atom stereocenters. The summed E-state index contributed by atoms with van der Waals surface area (Å²) in [4.78, 5) is 0. The van der Waals surface area contributed by atoms with Crippen LogP contribution in [0.1, 0.15) is 50.6 Å². The third-order valence-electron chi connectivity index (χ3n) is 4.16. The van der Waals surface area contributed by atoms with E-state index in [0.717, 1.165) is 32.2 Å². The van der Waals surface area contributed by atoms with Crippen molar-refractivity contribution in [2.24, 2.45) is 5.92 Å². The van der Waals surface area contributed by atoms with Crippen LogP contribution >= 0.6 is 23.2 Å². The van der Waals surface area contributed by atoms with Crippen LogP contribution in [0.2, 0.25) is 10.0 Å². The largest absolute Gasteiger partial charge is 0.393 e. The number of aliphatic hydroxyl groups is 1. The van der Waals surface area contributed by atoms with E-state index in [9.17, 15) is 5.11 Å². The first kappa shape index (κ1) is 16.1. The van der Waals surface area contributed by atoms with Crippen molar-refractivity contribution in [2.45, 2.75) is 51.2 Å². The molecule has 112 valence electrons. The minimum Gasteiger partial charge on any atom is -0.393 e. The summed E-state index contributed by atoms with van der Waals surface area (Å²) in [5.41, 5.74) is 1.18. The molecular weight excluding hydrogens is 293 g/mol. The van der Waals surface area contributed by atoms with Crippen molar-refractivity contribution in [1.82, 2.24) is 5.32 Å². The van der Waals surface area contributed by atoms with Crippen molar-refractivity contribution >= 4 is 23.2 Å². The van der Waals surface area contributed by atoms with E-state index in [4.69, 9.17) is 23.2 Å². The number of nitrogens with one attached hydrogen (secondary N) is 1. The maximum atomic E-state index is 9.73. The van der Waals surface area contributed by atoms with Gasteiger partial charge in [-0.05, 0) is 55.8 Å². The molecule has 0 heterocycles. The lowest BCUT2D eigenvalue weighted by Gasteiger charge is -2.28. The van der Waals surface area contributed by atoms with Gasteiger partial charge in [0.05, 0.1) is 16.1 Å². The first-order chi connectivity index (χ1) is 9.60. The highest BCUT2D eigenvalue weighted by molar-refractivity contribution is 6.42. The van der Waals surface area contributed by atoms with Crippen molar-refractivity contribution in [3.05, 3.63) is 33.8 Å². The molecule has 2 rings (SSSR count). The Hall–Kier alpha value is -0.280. The van der Waals surface area contributed by atoms with Crippen LogP contribution in [0.5, 0.6) is 0 Å². The van der Waals surface area contributed by atoms with E-state index < -0.39 is 0 Å². The predicted molar refractivity (Wildman–Crippen MR) is 85.5 cm³/mol. The summed E-state index contributed by atoms with van der Waals surface area (Å²) in [5, 5.41) is 14.5. The summed E-state index contributed by atoms with van der Waals surface area (Å²) in [6.07, 6.45) is 5.12. The van der Waals surface area contributed by atoms with Gasteiger partial charge in [0.1, 0.15) is 0 Å². The molecule has 1 aliphatic carbocycles. The summed E-state index contributed by atoms with van der Waals surface area (Å²) >= 11 is 12.1. The van der Waals surface area contributed by atoms with E-state index in [1.165, 1.54) is 12.0 Å². The molecule has 3 atom stereocenters. The molecule has 20 heavy (non-hydrogen) atoms. The molecular formula is C16H23Cl2NO. The lowest BCUT2D eigenvalue weighted by Crippen LogP contribution is -2.31. The van der Waals surface area contributed by atoms with Crippen molar-refractivity contribution < 1.29 is 5.11 Å². The molecule has 4 heteroatoms. The van der Waals surface area contributed by atoms with Gasteiger partial charge < -0.3 is 10.4 Å². The average molecular weight is 316 g/mol. The highest BCUT2D eigenvalue weighted by Crippen LogP contribution is 2.28. The summed E-state index contributed by atoms with van der Waals surface area (Å²) in [6.45, 7) is 3.12. The Morgan fingerprint density at radius 2 is 2.10 bits per heavy atom. The number of hydrogen-bond acceptors (Lipinski definition) is 2. The normalized spacial score (nSPS) is 24.6. The molecule has 0 aromatic heterocycles. The van der Waals surface area contributed by atoms with Crippen LogP contribution < -0.4 is 5.32 Å². The molecule has 0 spiro atoms. The molecule has 1 fully saturated rings. The van der Waals surface area contributed by atoms with Crippen molar-refractivity contribution in [3.8, 4) is 0 Å². The highest BCUT2D eigenvalue weighted by atomic mass is 35.5. The van der Waals surface area contributed by atoms with Crippen LogP contribution in [0, 0.1) is 5.92 Å². The SMILES string of the molecule is CCC(NCC1CCCC(O)C1)c1ccc(Cl)c(Cl)c1. The lowest BCUT2D eigenvalue weighted by molar-refractivity contribution is 0.0995. The van der Waals surface area contributed by atoms with Gasteiger partial charge in [0.15, 0.2) is 0 Å². The van der Waals surface area contributed by atoms with Gasteiger partial charge in [-0.25, -0.2) is 0 Å². The first-order valence-electron chi connectivity index (χ1n) is 7.46. The molecule has 1 aromatic rings. The highest BCUT2D eigenvalue weighted by Gasteiger charge is 2.21. The smallest absolute Gasteiger partial charge is 0.0595 e. The van der Waals surface area contributed by atoms with E-state index in [2.05, 4.69) is 12.2 Å². The number of hydrogen-bond donors (Lipinski definition) is 2. The Bertz CT molecular complexity index is 438. The summed E-state index contributed by atoms with van der Waals surface area (Å²) in [6, 6.07) is 6.13. The minimum atomic E-state index is -0.111. The van der Waals surface area contributed by atoms with E-state index in [1.807, 2.05) is 18.2 Å². The van der Waals surface area contributed by atoms with Crippen LogP contribution in [0.25, 0.3) is 0 Å². The zero-order valence-corrected chi connectivity index (χ0v) is 13.4. The van der Waals surface area contributed by atoms with Gasteiger partial charge >= 0.3 is 0 Å². The Kier molecular flexibility index (Phi) is 6.16. The molecule has 0 amide bonds. The van der Waals surface area contributed by atoms with Crippen molar-refractivity contribution in [2.75, 3.05) is 6.54 Å². The summed E-state index contributed by atoms with van der Waals surface area (Å²) in [5.74, 6) is 0.579. The molecule has 1 aromatic carbocycles. The van der Waals surface area contributed by atoms with Crippen LogP contribution in [-0.4, -0.2) is 17.8 Å². The second-order valence-electron chi connectivity index (χ2n) is 5.73. The van der Waals surface area contributed by atoms with Crippen molar-refractivity contribution in [3.63, 3.8) is 0 Å². The number of halogens is 2. The van der Waals surface area contributed by atoms with Gasteiger partial charge in [-0.3, -0.25) is 0 Å². The Labute approximate surface area is 131 Å². The second kappa shape index (κ2) is 7.65. The number of benzene rings is 1. The van der Waals surface area contributed by atoms with E-state index >= 15 is 0 Å². The van der Waals surface area contributed by atoms with Crippen LogP contribution in [0.3, 0.4) is 0 Å². The van der Waals surface area contributed by atoms with E-state index in [1.54, 1.807) is 0 Å². The third-order valence-corrected chi connectivity index (χ3v) is 4.90. The lowest BCUT2D eigenvalue weighted by atomic mass is 9.87. The van der Waals surface area contributed by atoms with Crippen molar-refractivity contribution in [1.29, 1.82) is 0 Å². The monoisotopic (exact) mass is 315 g/mol. The van der Waals surface area contributed by atoms with Gasteiger partial charge in [0.25, 0.3) is 0 Å². The van der Waals surface area contributed by atoms with Gasteiger partial charge in [-0.1, -0.05) is 42.6 Å². The van der Waals surface area contributed by atoms with Gasteiger partial charge in [0, 0.05) is 6.04 Å². The Balaban J connectivity index is 1.93. The second-order valence-corrected chi connectivity index (χ2v) is 6.54. The van der Waals surface area contributed by atoms with Gasteiger partial charge in [-0.2, -0.15) is 0 Å². The Morgan fingerprint density at radius 1 is 1.30 bits per heavy atom. The predicted octanol–water partition coefficient (Wildman–Crippen LogP) is 4.59. The quantitative estimate of drug-likeness (QED) is 0.833. The van der Waals surface area contributed by atoms with E-state index in [-0.39, 0.29) is 6.10 Å². The fourth-order valence-corrected chi connectivity index (χ4v) is 3.29. The molecule has 0 aliphatic heterocycles. The third kappa shape index (κ3) is 4.36. The number of rotatable bonds is 5. The topological polar surface area (TPSA) is 32.3 Å². The molecule has 0 radical (unpaired) electrons. The molecule has 1 aliphatic rings. The maximum absolute atomic E-state index is 9.73. The fourth-order valence-electron chi connectivity index (χ4n) is 2.98. The van der Waals surface area contributed by atoms with Crippen LogP contribution in [0.15, 0.2) is 18.2 Å². The molecule has 0 bridgehead atoms. The maximum Gasteiger partial charge on any atom is 0.0595 e. The molecule has 2 nitrogen and oxygen atoms in total. The van der Waals surface area contributed by atoms with Gasteiger partial charge in [-0.15, -0.1) is 0 Å². The zero-order valence-electron chi connectivity index (χ0n) is 11.9. The Morgan fingerprint density at radius 3 is 2.75 bits per heavy atom. The molecule has 2 N–H and O–H groups in total. The summed E-state index contributed by atoms with van der Waals surface area (Å²) in [7, 11) is 0. The van der Waals surface area contributed by atoms with Crippen LogP contribution in [0.4, 0.5) is 0 Å². The number of aliphatic hydroxyl groups excluding tert-OH is 1. The van der Waals surface area contributed by atoms with E-state index in [0.29, 0.717) is 22.0 Å². The molecule has 1 saturated carbocycles. The zero-order chi connectivity index (χ0) is 14.5. The van der Waals surface area contributed by atoms with Gasteiger partial charge in [0.2, 0.25) is 0 Å². The minimum absolute atomic E-state index is 0.111. The summed E-state index contributed by atoms with van der Waals surface area (Å²) < 4.78 is 0.